The van der Waals surface area contributed by atoms with E-state index in [0.29, 0.717) is 24.4 Å². The van der Waals surface area contributed by atoms with E-state index in [9.17, 15) is 9.59 Å². The molecule has 0 N–H and O–H groups in total. The summed E-state index contributed by atoms with van der Waals surface area (Å²) in [5.41, 5.74) is 0.330. The first-order valence-corrected chi connectivity index (χ1v) is 10.4. The summed E-state index contributed by atoms with van der Waals surface area (Å²) < 4.78 is 11.0. The van der Waals surface area contributed by atoms with Gasteiger partial charge in [0.25, 0.3) is 0 Å². The molecule has 0 aliphatic carbocycles. The van der Waals surface area contributed by atoms with Crippen LogP contribution in [0.25, 0.3) is 11.3 Å². The highest BCUT2D eigenvalue weighted by Crippen LogP contribution is 2.44. The maximum Gasteiger partial charge on any atom is 0.311 e. The second kappa shape index (κ2) is 8.41. The van der Waals surface area contributed by atoms with Crippen LogP contribution < -0.4 is 0 Å². The molecule has 1 amide bonds. The topological polar surface area (TPSA) is 72.2 Å². The van der Waals surface area contributed by atoms with E-state index in [-0.39, 0.29) is 18.3 Å². The van der Waals surface area contributed by atoms with Gasteiger partial charge in [-0.25, -0.2) is 5.06 Å². The lowest BCUT2D eigenvalue weighted by atomic mass is 9.77. The van der Waals surface area contributed by atoms with Gasteiger partial charge in [-0.15, -0.1) is 0 Å². The number of hydrogen-bond acceptors (Lipinski definition) is 6. The van der Waals surface area contributed by atoms with Gasteiger partial charge in [-0.05, 0) is 49.2 Å². The molecule has 3 heterocycles. The first kappa shape index (κ1) is 20.9. The number of carbonyl (C=O) groups excluding carboxylic acids is 2. The summed E-state index contributed by atoms with van der Waals surface area (Å²) in [4.78, 5) is 32.4. The van der Waals surface area contributed by atoms with Crippen LogP contribution in [-0.2, 0) is 25.7 Å². The maximum absolute atomic E-state index is 12.4. The summed E-state index contributed by atoms with van der Waals surface area (Å²) >= 11 is 5.95. The zero-order chi connectivity index (χ0) is 21.3. The van der Waals surface area contributed by atoms with Crippen molar-refractivity contribution in [2.24, 2.45) is 5.92 Å². The lowest BCUT2D eigenvalue weighted by Gasteiger charge is -2.45. The number of nitrogens with zero attached hydrogens (tertiary/aromatic N) is 2. The molecule has 2 aromatic rings. The monoisotopic (exact) mass is 432 g/mol. The normalized spacial score (nSPS) is 21.4. The molecular formula is C22H25ClN2O5. The number of furan rings is 1. The van der Waals surface area contributed by atoms with Gasteiger partial charge in [0.1, 0.15) is 11.5 Å². The molecule has 1 aromatic carbocycles. The van der Waals surface area contributed by atoms with Crippen LogP contribution in [0.4, 0.5) is 0 Å². The van der Waals surface area contributed by atoms with Crippen molar-refractivity contribution in [3.63, 3.8) is 0 Å². The zero-order valence-electron chi connectivity index (χ0n) is 17.1. The zero-order valence-corrected chi connectivity index (χ0v) is 17.9. The first-order valence-electron chi connectivity index (χ1n) is 9.99. The largest absolute Gasteiger partial charge is 0.469 e. The Morgan fingerprint density at radius 1 is 1.17 bits per heavy atom. The van der Waals surface area contributed by atoms with Crippen LogP contribution in [0.1, 0.15) is 25.0 Å². The van der Waals surface area contributed by atoms with Gasteiger partial charge in [0, 0.05) is 30.1 Å². The molecule has 0 radical (unpaired) electrons. The van der Waals surface area contributed by atoms with Crippen LogP contribution in [0.3, 0.4) is 0 Å². The number of likely N-dealkylation sites (tertiary alicyclic amines) is 1. The lowest BCUT2D eigenvalue weighted by molar-refractivity contribution is -0.210. The van der Waals surface area contributed by atoms with E-state index in [2.05, 4.69) is 4.90 Å². The Morgan fingerprint density at radius 2 is 1.87 bits per heavy atom. The molecule has 2 fully saturated rings. The molecule has 2 saturated heterocycles. The predicted octanol–water partition coefficient (Wildman–Crippen LogP) is 3.52. The van der Waals surface area contributed by atoms with Crippen LogP contribution in [0, 0.1) is 5.92 Å². The maximum atomic E-state index is 12.4. The van der Waals surface area contributed by atoms with Gasteiger partial charge in [-0.2, -0.15) is 0 Å². The summed E-state index contributed by atoms with van der Waals surface area (Å²) in [7, 11) is 2.84. The van der Waals surface area contributed by atoms with Gasteiger partial charge in [-0.3, -0.25) is 19.3 Å². The molecule has 1 unspecified atom stereocenters. The number of hydrogen-bond donors (Lipinski definition) is 0. The van der Waals surface area contributed by atoms with Crippen molar-refractivity contribution in [3.05, 3.63) is 47.2 Å². The second-order valence-electron chi connectivity index (χ2n) is 7.80. The Bertz CT molecular complexity index is 916. The number of esters is 1. The molecule has 1 spiro atoms. The third kappa shape index (κ3) is 3.73. The molecule has 8 heteroatoms. The molecule has 1 aromatic heterocycles. The molecule has 7 nitrogen and oxygen atoms in total. The summed E-state index contributed by atoms with van der Waals surface area (Å²) in [6.07, 6.45) is 1.40. The third-order valence-corrected chi connectivity index (χ3v) is 6.47. The molecule has 160 valence electrons. The molecule has 4 rings (SSSR count). The molecule has 2 aliphatic heterocycles. The number of ether oxygens (including phenoxy) is 1. The summed E-state index contributed by atoms with van der Waals surface area (Å²) in [6.45, 7) is 2.10. The van der Waals surface area contributed by atoms with E-state index in [1.54, 1.807) is 0 Å². The Morgan fingerprint density at radius 3 is 2.50 bits per heavy atom. The molecule has 0 bridgehead atoms. The molecule has 2 aliphatic rings. The van der Waals surface area contributed by atoms with E-state index in [0.717, 1.165) is 30.2 Å². The van der Waals surface area contributed by atoms with Crippen LogP contribution in [-0.4, -0.2) is 54.7 Å². The number of carbonyl (C=O) groups is 2. The number of rotatable bonds is 5. The standard InChI is InChI=1S/C22H25ClN2O5/c1-28-21(27)18-13-20(26)25(29-2)22(18)9-11-24(12-10-22)14-17-7-8-19(30-17)15-3-5-16(23)6-4-15/h3-8,18H,9-14H2,1-2H3. The van der Waals surface area contributed by atoms with Crippen LogP contribution in [0.15, 0.2) is 40.8 Å². The number of benzene rings is 1. The molecule has 1 atom stereocenters. The van der Waals surface area contributed by atoms with E-state index in [1.165, 1.54) is 19.3 Å². The Hall–Kier alpha value is -2.35. The predicted molar refractivity (Wildman–Crippen MR) is 110 cm³/mol. The SMILES string of the molecule is COC(=O)C1CC(=O)N(OC)C12CCN(Cc1ccc(-c3ccc(Cl)cc3)o1)CC2. The Kier molecular flexibility index (Phi) is 5.86. The number of piperidine rings is 1. The Balaban J connectivity index is 1.43. The molecule has 30 heavy (non-hydrogen) atoms. The van der Waals surface area contributed by atoms with Crippen molar-refractivity contribution in [1.29, 1.82) is 0 Å². The number of amides is 1. The fourth-order valence-electron chi connectivity index (χ4n) is 4.67. The fraction of sp³-hybridized carbons (Fsp3) is 0.455. The van der Waals surface area contributed by atoms with Gasteiger partial charge in [0.2, 0.25) is 5.91 Å². The lowest BCUT2D eigenvalue weighted by Crippen LogP contribution is -2.56. The van der Waals surface area contributed by atoms with E-state index >= 15 is 0 Å². The van der Waals surface area contributed by atoms with Crippen LogP contribution in [0.2, 0.25) is 5.02 Å². The average molecular weight is 433 g/mol. The van der Waals surface area contributed by atoms with Crippen molar-refractivity contribution in [3.8, 4) is 11.3 Å². The van der Waals surface area contributed by atoms with Gasteiger partial charge >= 0.3 is 5.97 Å². The highest BCUT2D eigenvalue weighted by molar-refractivity contribution is 6.30. The van der Waals surface area contributed by atoms with E-state index < -0.39 is 11.5 Å². The van der Waals surface area contributed by atoms with E-state index in [1.807, 2.05) is 36.4 Å². The van der Waals surface area contributed by atoms with Crippen LogP contribution in [0.5, 0.6) is 0 Å². The second-order valence-corrected chi connectivity index (χ2v) is 8.24. The third-order valence-electron chi connectivity index (χ3n) is 6.22. The highest BCUT2D eigenvalue weighted by atomic mass is 35.5. The smallest absolute Gasteiger partial charge is 0.311 e. The van der Waals surface area contributed by atoms with Crippen molar-refractivity contribution in [1.82, 2.24) is 9.96 Å². The number of hydroxylamine groups is 2. The minimum atomic E-state index is -0.646. The molecule has 0 saturated carbocycles. The minimum Gasteiger partial charge on any atom is -0.469 e. The summed E-state index contributed by atoms with van der Waals surface area (Å²) in [6, 6.07) is 11.5. The van der Waals surface area contributed by atoms with Gasteiger partial charge in [-0.1, -0.05) is 11.6 Å². The van der Waals surface area contributed by atoms with Crippen LogP contribution >= 0.6 is 11.6 Å². The minimum absolute atomic E-state index is 0.128. The number of halogens is 1. The quantitative estimate of drug-likeness (QED) is 0.673. The van der Waals surface area contributed by atoms with Crippen molar-refractivity contribution < 1.29 is 23.6 Å². The molecular weight excluding hydrogens is 408 g/mol. The van der Waals surface area contributed by atoms with Gasteiger partial charge in [0.15, 0.2) is 0 Å². The van der Waals surface area contributed by atoms with Gasteiger partial charge < -0.3 is 9.15 Å². The van der Waals surface area contributed by atoms with Crippen molar-refractivity contribution in [2.45, 2.75) is 31.3 Å². The van der Waals surface area contributed by atoms with Gasteiger partial charge in [0.05, 0.1) is 32.2 Å². The van der Waals surface area contributed by atoms with Crippen molar-refractivity contribution >= 4 is 23.5 Å². The average Bonchev–Trinajstić information content (AvgIpc) is 3.32. The summed E-state index contributed by atoms with van der Waals surface area (Å²) in [5, 5.41) is 2.09. The summed E-state index contributed by atoms with van der Waals surface area (Å²) in [5.74, 6) is 0.645. The first-order chi connectivity index (χ1) is 14.5. The fourth-order valence-corrected chi connectivity index (χ4v) is 4.79. The number of methoxy groups -OCH3 is 1. The van der Waals surface area contributed by atoms with Crippen molar-refractivity contribution in [2.75, 3.05) is 27.3 Å². The highest BCUT2D eigenvalue weighted by Gasteiger charge is 2.58. The van der Waals surface area contributed by atoms with E-state index in [4.69, 9.17) is 25.6 Å². The Labute approximate surface area is 180 Å².